The molecule has 1 rings (SSSR count). The van der Waals surface area contributed by atoms with Gasteiger partial charge in [0.05, 0.1) is 6.42 Å². The standard InChI is InChI=1S/C10H7Cl2F2NO3/c11-6-2-1-5(3-8(16)15-12)7(4-6)10(13,14)9(17)18/h1-2,4H,3H2,(H,15,16)(H,17,18). The third-order valence-corrected chi connectivity index (χ3v) is 2.58. The van der Waals surface area contributed by atoms with E-state index >= 15 is 0 Å². The maximum Gasteiger partial charge on any atom is 0.379 e. The second-order valence-corrected chi connectivity index (χ2v) is 4.00. The SMILES string of the molecule is O=C(Cc1ccc(Cl)cc1C(F)(F)C(=O)O)NCl. The molecule has 0 unspecified atom stereocenters. The molecule has 0 aliphatic heterocycles. The van der Waals surface area contributed by atoms with Gasteiger partial charge in [0.15, 0.2) is 0 Å². The predicted molar refractivity (Wildman–Crippen MR) is 60.7 cm³/mol. The van der Waals surface area contributed by atoms with Gasteiger partial charge in [-0.05, 0) is 17.7 Å². The van der Waals surface area contributed by atoms with Crippen molar-refractivity contribution in [2.45, 2.75) is 12.3 Å². The molecular weight excluding hydrogens is 291 g/mol. The number of carbonyl (C=O) groups is 2. The number of benzene rings is 1. The molecule has 4 nitrogen and oxygen atoms in total. The molecule has 2 N–H and O–H groups in total. The van der Waals surface area contributed by atoms with Crippen molar-refractivity contribution in [1.82, 2.24) is 4.84 Å². The first-order valence-corrected chi connectivity index (χ1v) is 5.34. The van der Waals surface area contributed by atoms with E-state index in [9.17, 15) is 18.4 Å². The number of hydrogen-bond donors (Lipinski definition) is 2. The topological polar surface area (TPSA) is 66.4 Å². The van der Waals surface area contributed by atoms with E-state index < -0.39 is 29.8 Å². The Kier molecular flexibility index (Phi) is 4.48. The molecular formula is C10H7Cl2F2NO3. The zero-order valence-corrected chi connectivity index (χ0v) is 10.2. The van der Waals surface area contributed by atoms with Gasteiger partial charge in [0.1, 0.15) is 0 Å². The van der Waals surface area contributed by atoms with Crippen LogP contribution in [0.5, 0.6) is 0 Å². The molecule has 8 heteroatoms. The Balaban J connectivity index is 3.28. The largest absolute Gasteiger partial charge is 0.477 e. The molecule has 0 heterocycles. The Morgan fingerprint density at radius 1 is 1.39 bits per heavy atom. The lowest BCUT2D eigenvalue weighted by Gasteiger charge is -2.16. The monoisotopic (exact) mass is 297 g/mol. The number of carbonyl (C=O) groups excluding carboxylic acids is 1. The Labute approximate surface area is 111 Å². The van der Waals surface area contributed by atoms with Crippen LogP contribution in [-0.4, -0.2) is 17.0 Å². The summed E-state index contributed by atoms with van der Waals surface area (Å²) < 4.78 is 26.9. The van der Waals surface area contributed by atoms with E-state index in [1.54, 1.807) is 4.84 Å². The highest BCUT2D eigenvalue weighted by Gasteiger charge is 2.43. The molecule has 1 amide bonds. The van der Waals surface area contributed by atoms with E-state index in [1.165, 1.54) is 6.07 Å². The van der Waals surface area contributed by atoms with Crippen molar-refractivity contribution in [3.8, 4) is 0 Å². The summed E-state index contributed by atoms with van der Waals surface area (Å²) in [6.07, 6.45) is -0.473. The summed E-state index contributed by atoms with van der Waals surface area (Å²) in [7, 11) is 0. The lowest BCUT2D eigenvalue weighted by Crippen LogP contribution is -2.28. The maximum absolute atomic E-state index is 13.5. The van der Waals surface area contributed by atoms with Crippen molar-refractivity contribution in [2.75, 3.05) is 0 Å². The average Bonchev–Trinajstić information content (AvgIpc) is 2.30. The molecule has 0 aromatic heterocycles. The van der Waals surface area contributed by atoms with Crippen molar-refractivity contribution < 1.29 is 23.5 Å². The van der Waals surface area contributed by atoms with Crippen LogP contribution in [0.15, 0.2) is 18.2 Å². The fourth-order valence-corrected chi connectivity index (χ4v) is 1.56. The fraction of sp³-hybridized carbons (Fsp3) is 0.200. The maximum atomic E-state index is 13.5. The van der Waals surface area contributed by atoms with E-state index in [0.29, 0.717) is 0 Å². The van der Waals surface area contributed by atoms with E-state index in [4.69, 9.17) is 28.5 Å². The first kappa shape index (κ1) is 14.7. The van der Waals surface area contributed by atoms with Crippen LogP contribution in [0.1, 0.15) is 11.1 Å². The number of halogens is 4. The highest BCUT2D eigenvalue weighted by atomic mass is 35.5. The molecule has 1 aromatic carbocycles. The van der Waals surface area contributed by atoms with Crippen molar-refractivity contribution in [3.05, 3.63) is 34.3 Å². The molecule has 0 bridgehead atoms. The number of carboxylic acid groups (broad SMARTS) is 1. The lowest BCUT2D eigenvalue weighted by atomic mass is 9.99. The smallest absolute Gasteiger partial charge is 0.379 e. The molecule has 0 fully saturated rings. The van der Waals surface area contributed by atoms with Crippen LogP contribution in [-0.2, 0) is 21.9 Å². The van der Waals surface area contributed by atoms with Crippen LogP contribution in [0.2, 0.25) is 5.02 Å². The van der Waals surface area contributed by atoms with Gasteiger partial charge in [0, 0.05) is 22.4 Å². The third kappa shape index (κ3) is 3.08. The van der Waals surface area contributed by atoms with Gasteiger partial charge >= 0.3 is 11.9 Å². The molecule has 0 atom stereocenters. The molecule has 98 valence electrons. The molecule has 0 aliphatic rings. The van der Waals surface area contributed by atoms with Crippen LogP contribution in [0.25, 0.3) is 0 Å². The van der Waals surface area contributed by atoms with Gasteiger partial charge in [-0.1, -0.05) is 17.7 Å². The molecule has 0 saturated heterocycles. The minimum absolute atomic E-state index is 0.0547. The highest BCUT2D eigenvalue weighted by molar-refractivity contribution is 6.30. The molecule has 0 spiro atoms. The summed E-state index contributed by atoms with van der Waals surface area (Å²) in [6, 6.07) is 3.24. The van der Waals surface area contributed by atoms with Crippen LogP contribution in [0.3, 0.4) is 0 Å². The zero-order chi connectivity index (χ0) is 13.9. The quantitative estimate of drug-likeness (QED) is 0.838. The lowest BCUT2D eigenvalue weighted by molar-refractivity contribution is -0.166. The summed E-state index contributed by atoms with van der Waals surface area (Å²) in [4.78, 5) is 23.3. The first-order chi connectivity index (χ1) is 8.28. The summed E-state index contributed by atoms with van der Waals surface area (Å²) >= 11 is 10.6. The summed E-state index contributed by atoms with van der Waals surface area (Å²) in [5.41, 5.74) is -0.993. The fourth-order valence-electron chi connectivity index (χ4n) is 1.32. The predicted octanol–water partition coefficient (Wildman–Crippen LogP) is 2.33. The summed E-state index contributed by atoms with van der Waals surface area (Å²) in [6.45, 7) is 0. The first-order valence-electron chi connectivity index (χ1n) is 4.58. The molecule has 0 aliphatic carbocycles. The normalized spacial score (nSPS) is 11.1. The van der Waals surface area contributed by atoms with Crippen molar-refractivity contribution in [2.24, 2.45) is 0 Å². The van der Waals surface area contributed by atoms with E-state index in [-0.39, 0.29) is 10.6 Å². The summed E-state index contributed by atoms with van der Waals surface area (Å²) in [5, 5.41) is 8.43. The number of hydrogen-bond acceptors (Lipinski definition) is 2. The second-order valence-electron chi connectivity index (χ2n) is 3.38. The van der Waals surface area contributed by atoms with E-state index in [0.717, 1.165) is 12.1 Å². The van der Waals surface area contributed by atoms with Crippen molar-refractivity contribution in [1.29, 1.82) is 0 Å². The molecule has 0 radical (unpaired) electrons. The third-order valence-electron chi connectivity index (χ3n) is 2.14. The van der Waals surface area contributed by atoms with Crippen LogP contribution >= 0.6 is 23.4 Å². The Morgan fingerprint density at radius 3 is 2.50 bits per heavy atom. The molecule has 0 saturated carbocycles. The van der Waals surface area contributed by atoms with E-state index in [1.807, 2.05) is 0 Å². The number of carboxylic acids is 1. The number of aliphatic carboxylic acids is 1. The number of alkyl halides is 2. The number of nitrogens with one attached hydrogen (secondary N) is 1. The van der Waals surface area contributed by atoms with E-state index in [2.05, 4.69) is 0 Å². The van der Waals surface area contributed by atoms with Crippen LogP contribution in [0.4, 0.5) is 8.78 Å². The van der Waals surface area contributed by atoms with Crippen molar-refractivity contribution in [3.63, 3.8) is 0 Å². The van der Waals surface area contributed by atoms with Gasteiger partial charge in [-0.15, -0.1) is 0 Å². The van der Waals surface area contributed by atoms with Gasteiger partial charge in [-0.3, -0.25) is 9.63 Å². The molecule has 1 aromatic rings. The van der Waals surface area contributed by atoms with Gasteiger partial charge < -0.3 is 5.11 Å². The highest BCUT2D eigenvalue weighted by Crippen LogP contribution is 2.33. The van der Waals surface area contributed by atoms with Crippen molar-refractivity contribution >= 4 is 35.3 Å². The average molecular weight is 298 g/mol. The van der Waals surface area contributed by atoms with Crippen LogP contribution in [0, 0.1) is 0 Å². The van der Waals surface area contributed by atoms with Crippen LogP contribution < -0.4 is 4.84 Å². The Bertz CT molecular complexity index is 494. The number of rotatable bonds is 4. The minimum atomic E-state index is -4.13. The Morgan fingerprint density at radius 2 is 2.00 bits per heavy atom. The molecule has 18 heavy (non-hydrogen) atoms. The van der Waals surface area contributed by atoms with Gasteiger partial charge in [-0.25, -0.2) is 4.79 Å². The zero-order valence-electron chi connectivity index (χ0n) is 8.71. The Hall–Kier alpha value is -1.40. The van der Waals surface area contributed by atoms with Gasteiger partial charge in [0.2, 0.25) is 5.91 Å². The minimum Gasteiger partial charge on any atom is -0.477 e. The summed E-state index contributed by atoms with van der Waals surface area (Å²) in [5.74, 6) is -7.19. The number of amides is 1. The van der Waals surface area contributed by atoms with Gasteiger partial charge in [-0.2, -0.15) is 8.78 Å². The second kappa shape index (κ2) is 5.49. The van der Waals surface area contributed by atoms with Gasteiger partial charge in [0.25, 0.3) is 0 Å².